The molecule has 0 heterocycles. The van der Waals surface area contributed by atoms with Gasteiger partial charge in [0.25, 0.3) is 0 Å². The maximum atomic E-state index is 2.54. The summed E-state index contributed by atoms with van der Waals surface area (Å²) in [4.78, 5) is 0. The van der Waals surface area contributed by atoms with E-state index < -0.39 is 7.92 Å². The highest BCUT2D eigenvalue weighted by Gasteiger charge is 2.25. The highest BCUT2D eigenvalue weighted by molar-refractivity contribution is 7.80. The second-order valence-corrected chi connectivity index (χ2v) is 12.4. The average Bonchev–Trinajstić information content (AvgIpc) is 2.86. The zero-order valence-corrected chi connectivity index (χ0v) is 24.3. The monoisotopic (exact) mass is 486 g/mol. The van der Waals surface area contributed by atoms with E-state index in [1.165, 1.54) is 90.7 Å². The van der Waals surface area contributed by atoms with Crippen LogP contribution < -0.4 is 15.9 Å². The van der Waals surface area contributed by atoms with Gasteiger partial charge in [-0.3, -0.25) is 0 Å². The van der Waals surface area contributed by atoms with Gasteiger partial charge in [-0.25, -0.2) is 0 Å². The van der Waals surface area contributed by atoms with Crippen molar-refractivity contribution in [2.75, 3.05) is 0 Å². The third-order valence-electron chi connectivity index (χ3n) is 7.73. The van der Waals surface area contributed by atoms with Crippen LogP contribution in [0.5, 0.6) is 0 Å². The summed E-state index contributed by atoms with van der Waals surface area (Å²) in [5.74, 6) is 0. The van der Waals surface area contributed by atoms with Crippen LogP contribution in [0.15, 0.2) is 48.5 Å². The quantitative estimate of drug-likeness (QED) is 0.225. The zero-order valence-electron chi connectivity index (χ0n) is 23.4. The van der Waals surface area contributed by atoms with Crippen LogP contribution in [-0.4, -0.2) is 0 Å². The Morgan fingerprint density at radius 3 is 1.77 bits per heavy atom. The fraction of sp³-hybridized carbons (Fsp3) is 0.471. The van der Waals surface area contributed by atoms with Crippen LogP contribution in [0.1, 0.15) is 98.2 Å². The molecule has 1 unspecified atom stereocenters. The molecule has 0 aliphatic heterocycles. The fourth-order valence-corrected chi connectivity index (χ4v) is 8.13. The van der Waals surface area contributed by atoms with Gasteiger partial charge in [0.2, 0.25) is 0 Å². The summed E-state index contributed by atoms with van der Waals surface area (Å²) in [6, 6.07) is 19.0. The first-order valence-corrected chi connectivity index (χ1v) is 15.3. The van der Waals surface area contributed by atoms with Gasteiger partial charge in [-0.15, -0.1) is 0 Å². The van der Waals surface area contributed by atoms with E-state index >= 15 is 0 Å². The molecule has 0 saturated heterocycles. The van der Waals surface area contributed by atoms with E-state index in [0.29, 0.717) is 0 Å². The third kappa shape index (κ3) is 6.46. The van der Waals surface area contributed by atoms with Crippen LogP contribution in [0.3, 0.4) is 0 Å². The molecule has 3 rings (SSSR count). The van der Waals surface area contributed by atoms with Crippen molar-refractivity contribution in [2.24, 2.45) is 0 Å². The molecule has 0 aliphatic rings. The van der Waals surface area contributed by atoms with Gasteiger partial charge in [-0.1, -0.05) is 88.6 Å². The largest absolute Gasteiger partial charge is 0.0654 e. The Morgan fingerprint density at radius 2 is 1.11 bits per heavy atom. The van der Waals surface area contributed by atoms with E-state index in [1.54, 1.807) is 22.0 Å². The normalized spacial score (nSPS) is 12.2. The van der Waals surface area contributed by atoms with Gasteiger partial charge in [0.15, 0.2) is 0 Å². The smallest absolute Gasteiger partial charge is 0.0116 e. The first-order chi connectivity index (χ1) is 16.9. The van der Waals surface area contributed by atoms with Crippen molar-refractivity contribution in [2.45, 2.75) is 106 Å². The van der Waals surface area contributed by atoms with Crippen molar-refractivity contribution in [3.8, 4) is 0 Å². The summed E-state index contributed by atoms with van der Waals surface area (Å²) in [5, 5.41) is 4.67. The molecule has 188 valence electrons. The van der Waals surface area contributed by atoms with Crippen molar-refractivity contribution in [1.82, 2.24) is 0 Å². The number of hydrogen-bond acceptors (Lipinski definition) is 0. The Labute approximate surface area is 217 Å². The minimum absolute atomic E-state index is 0.610. The molecule has 0 aromatic heterocycles. The van der Waals surface area contributed by atoms with Crippen LogP contribution in [0.25, 0.3) is 0 Å². The minimum Gasteiger partial charge on any atom is -0.0654 e. The van der Waals surface area contributed by atoms with Gasteiger partial charge in [0.05, 0.1) is 0 Å². The number of unbranched alkanes of at least 4 members (excludes halogenated alkanes) is 3. The summed E-state index contributed by atoms with van der Waals surface area (Å²) >= 11 is 0. The predicted octanol–water partition coefficient (Wildman–Crippen LogP) is 8.71. The highest BCUT2D eigenvalue weighted by atomic mass is 31.1. The molecule has 0 N–H and O–H groups in total. The molecule has 0 fully saturated rings. The second-order valence-electron chi connectivity index (χ2n) is 10.3. The first kappa shape index (κ1) is 27.7. The lowest BCUT2D eigenvalue weighted by molar-refractivity contribution is 0.737. The number of hydrogen-bond donors (Lipinski definition) is 0. The van der Waals surface area contributed by atoms with Crippen molar-refractivity contribution in [1.29, 1.82) is 0 Å². The van der Waals surface area contributed by atoms with E-state index in [4.69, 9.17) is 0 Å². The summed E-state index contributed by atoms with van der Waals surface area (Å²) in [5.41, 5.74) is 10.7. The van der Waals surface area contributed by atoms with Gasteiger partial charge < -0.3 is 0 Å². The van der Waals surface area contributed by atoms with E-state index in [0.717, 1.165) is 0 Å². The lowest BCUT2D eigenvalue weighted by Crippen LogP contribution is -2.28. The van der Waals surface area contributed by atoms with Crippen LogP contribution >= 0.6 is 7.92 Å². The molecule has 0 aliphatic carbocycles. The Kier molecular flexibility index (Phi) is 10.6. The van der Waals surface area contributed by atoms with Crippen LogP contribution in [0.4, 0.5) is 0 Å². The Balaban J connectivity index is 2.33. The zero-order chi connectivity index (χ0) is 25.4. The van der Waals surface area contributed by atoms with Crippen molar-refractivity contribution in [3.63, 3.8) is 0 Å². The molecule has 1 atom stereocenters. The Bertz CT molecular complexity index is 1110. The molecule has 0 amide bonds. The van der Waals surface area contributed by atoms with Gasteiger partial charge >= 0.3 is 0 Å². The molecule has 0 bridgehead atoms. The van der Waals surface area contributed by atoms with Gasteiger partial charge in [0, 0.05) is 0 Å². The Morgan fingerprint density at radius 1 is 0.514 bits per heavy atom. The van der Waals surface area contributed by atoms with Crippen molar-refractivity contribution >= 4 is 23.8 Å². The summed E-state index contributed by atoms with van der Waals surface area (Å²) < 4.78 is 0. The standard InChI is InChI=1S/C34H47P/c1-8-11-17-29-22-24-34(31(19-13-10-3)30(29)18-12-9-2)35(32-20-15-14-16-26(32)5)33-23-21-25(4)27(6)28(33)7/h14-16,20-24H,8-13,17-19H2,1-7H3. The van der Waals surface area contributed by atoms with E-state index in [2.05, 4.69) is 97.0 Å². The topological polar surface area (TPSA) is 0 Å². The molecular weight excluding hydrogens is 439 g/mol. The number of aryl methyl sites for hydroxylation is 3. The van der Waals surface area contributed by atoms with E-state index in [1.807, 2.05) is 0 Å². The predicted molar refractivity (Wildman–Crippen MR) is 160 cm³/mol. The van der Waals surface area contributed by atoms with E-state index in [-0.39, 0.29) is 0 Å². The average molecular weight is 487 g/mol. The number of benzene rings is 3. The lowest BCUT2D eigenvalue weighted by atomic mass is 9.91. The molecule has 3 aromatic carbocycles. The van der Waals surface area contributed by atoms with Crippen LogP contribution in [0.2, 0.25) is 0 Å². The molecule has 0 saturated carbocycles. The molecule has 3 aromatic rings. The summed E-state index contributed by atoms with van der Waals surface area (Å²) in [7, 11) is -0.610. The molecule has 0 spiro atoms. The highest BCUT2D eigenvalue weighted by Crippen LogP contribution is 2.39. The summed E-state index contributed by atoms with van der Waals surface area (Å²) in [6.45, 7) is 16.2. The molecule has 0 nitrogen and oxygen atoms in total. The molecule has 0 radical (unpaired) electrons. The Hall–Kier alpha value is -1.91. The molecule has 35 heavy (non-hydrogen) atoms. The van der Waals surface area contributed by atoms with Gasteiger partial charge in [0.1, 0.15) is 0 Å². The lowest BCUT2D eigenvalue weighted by Gasteiger charge is -2.29. The van der Waals surface area contributed by atoms with Gasteiger partial charge in [-0.05, 0) is 129 Å². The van der Waals surface area contributed by atoms with E-state index in [9.17, 15) is 0 Å². The van der Waals surface area contributed by atoms with Crippen LogP contribution in [-0.2, 0) is 19.3 Å². The molecule has 1 heteroatoms. The molecular formula is C34H47P. The maximum Gasteiger partial charge on any atom is -0.0116 e. The summed E-state index contributed by atoms with van der Waals surface area (Å²) in [6.07, 6.45) is 11.3. The maximum absolute atomic E-state index is 2.54. The van der Waals surface area contributed by atoms with Gasteiger partial charge in [-0.2, -0.15) is 0 Å². The fourth-order valence-electron chi connectivity index (χ4n) is 5.23. The first-order valence-electron chi connectivity index (χ1n) is 14.0. The van der Waals surface area contributed by atoms with Crippen molar-refractivity contribution < 1.29 is 0 Å². The van der Waals surface area contributed by atoms with Crippen LogP contribution in [0, 0.1) is 27.7 Å². The number of rotatable bonds is 12. The SMILES string of the molecule is CCCCc1ccc(P(c2ccccc2C)c2ccc(C)c(C)c2C)c(CCCC)c1CCCC. The van der Waals surface area contributed by atoms with Crippen molar-refractivity contribution in [3.05, 3.63) is 87.5 Å². The third-order valence-corrected chi connectivity index (χ3v) is 10.6. The minimum atomic E-state index is -0.610. The second kappa shape index (κ2) is 13.4.